The number of furan rings is 1. The average Bonchev–Trinajstić information content (AvgIpc) is 3.14. The fraction of sp³-hybridized carbons (Fsp3) is 0.250. The summed E-state index contributed by atoms with van der Waals surface area (Å²) in [7, 11) is 0. The Morgan fingerprint density at radius 2 is 1.88 bits per heavy atom. The summed E-state index contributed by atoms with van der Waals surface area (Å²) in [6.45, 7) is 6.45. The number of carbonyl (C=O) groups is 1. The van der Waals surface area contributed by atoms with Crippen LogP contribution in [-0.2, 0) is 6.42 Å². The van der Waals surface area contributed by atoms with Gasteiger partial charge in [-0.3, -0.25) is 4.79 Å². The molecule has 0 aliphatic carbocycles. The Bertz CT molecular complexity index is 887. The highest BCUT2D eigenvalue weighted by Crippen LogP contribution is 2.42. The van der Waals surface area contributed by atoms with Crippen LogP contribution in [0.5, 0.6) is 0 Å². The molecule has 0 atom stereocenters. The van der Waals surface area contributed by atoms with Crippen LogP contribution in [0.3, 0.4) is 0 Å². The van der Waals surface area contributed by atoms with Gasteiger partial charge < -0.3 is 10.2 Å². The summed E-state index contributed by atoms with van der Waals surface area (Å²) in [4.78, 5) is 14.1. The molecule has 2 N–H and O–H groups in total. The summed E-state index contributed by atoms with van der Waals surface area (Å²) < 4.78 is 5.23. The topological polar surface area (TPSA) is 56.2 Å². The molecule has 0 aliphatic heterocycles. The zero-order chi connectivity index (χ0) is 18.2. The van der Waals surface area contributed by atoms with Gasteiger partial charge in [0.1, 0.15) is 0 Å². The summed E-state index contributed by atoms with van der Waals surface area (Å²) in [5.41, 5.74) is 9.41. The van der Waals surface area contributed by atoms with Crippen LogP contribution in [0.2, 0.25) is 5.02 Å². The van der Waals surface area contributed by atoms with E-state index in [1.54, 1.807) is 36.8 Å². The number of ketones is 1. The molecular weight excluding hydrogens is 354 g/mol. The molecular formula is C20H20ClNO2S. The predicted octanol–water partition coefficient (Wildman–Crippen LogP) is 6.06. The van der Waals surface area contributed by atoms with E-state index >= 15 is 0 Å². The third kappa shape index (κ3) is 3.80. The fourth-order valence-corrected chi connectivity index (χ4v) is 4.00. The lowest BCUT2D eigenvalue weighted by Crippen LogP contribution is -2.14. The molecule has 25 heavy (non-hydrogen) atoms. The van der Waals surface area contributed by atoms with Crippen molar-refractivity contribution in [2.45, 2.75) is 27.2 Å². The van der Waals surface area contributed by atoms with Gasteiger partial charge in [0.05, 0.1) is 23.1 Å². The summed E-state index contributed by atoms with van der Waals surface area (Å²) in [5.74, 6) is -0.0700. The van der Waals surface area contributed by atoms with E-state index in [4.69, 9.17) is 21.8 Å². The maximum absolute atomic E-state index is 13.1. The van der Waals surface area contributed by atoms with Crippen LogP contribution in [0, 0.1) is 5.41 Å². The van der Waals surface area contributed by atoms with Crippen molar-refractivity contribution in [3.05, 3.63) is 64.6 Å². The Morgan fingerprint density at radius 3 is 2.44 bits per heavy atom. The van der Waals surface area contributed by atoms with E-state index in [0.29, 0.717) is 21.2 Å². The van der Waals surface area contributed by atoms with E-state index in [1.807, 2.05) is 6.07 Å². The standard InChI is InChI=1S/C20H20ClNO2S/c1-20(2,3)10-15-16(17(23)12-4-6-14(21)7-5-12)19(22)25-18(15)13-8-9-24-11-13/h4-9,11H,10,22H2,1-3H3. The van der Waals surface area contributed by atoms with Gasteiger partial charge in [0, 0.05) is 21.0 Å². The predicted molar refractivity (Wildman–Crippen MR) is 104 cm³/mol. The Kier molecular flexibility index (Phi) is 4.76. The van der Waals surface area contributed by atoms with Gasteiger partial charge in [-0.2, -0.15) is 0 Å². The van der Waals surface area contributed by atoms with E-state index in [-0.39, 0.29) is 11.2 Å². The van der Waals surface area contributed by atoms with Gasteiger partial charge in [0.2, 0.25) is 0 Å². The van der Waals surface area contributed by atoms with Crippen LogP contribution in [0.25, 0.3) is 10.4 Å². The number of anilines is 1. The fourth-order valence-electron chi connectivity index (χ4n) is 2.81. The van der Waals surface area contributed by atoms with Crippen LogP contribution in [0.4, 0.5) is 5.00 Å². The third-order valence-electron chi connectivity index (χ3n) is 3.86. The van der Waals surface area contributed by atoms with Crippen LogP contribution < -0.4 is 5.73 Å². The second-order valence-electron chi connectivity index (χ2n) is 7.23. The van der Waals surface area contributed by atoms with Gasteiger partial charge in [0.15, 0.2) is 5.78 Å². The van der Waals surface area contributed by atoms with Gasteiger partial charge >= 0.3 is 0 Å². The van der Waals surface area contributed by atoms with Crippen molar-refractivity contribution in [1.29, 1.82) is 0 Å². The van der Waals surface area contributed by atoms with E-state index in [1.165, 1.54) is 11.3 Å². The zero-order valence-corrected chi connectivity index (χ0v) is 16.0. The van der Waals surface area contributed by atoms with Crippen molar-refractivity contribution in [3.8, 4) is 10.4 Å². The van der Waals surface area contributed by atoms with Crippen molar-refractivity contribution in [2.24, 2.45) is 5.41 Å². The Labute approximate surface area is 156 Å². The summed E-state index contributed by atoms with van der Waals surface area (Å²) in [6, 6.07) is 8.81. The minimum atomic E-state index is -0.0700. The zero-order valence-electron chi connectivity index (χ0n) is 14.4. The third-order valence-corrected chi connectivity index (χ3v) is 5.22. The van der Waals surface area contributed by atoms with Crippen molar-refractivity contribution < 1.29 is 9.21 Å². The number of rotatable bonds is 4. The van der Waals surface area contributed by atoms with Crippen LogP contribution in [0.15, 0.2) is 47.3 Å². The highest BCUT2D eigenvalue weighted by Gasteiger charge is 2.27. The molecule has 0 radical (unpaired) electrons. The summed E-state index contributed by atoms with van der Waals surface area (Å²) in [6.07, 6.45) is 4.07. The average molecular weight is 374 g/mol. The van der Waals surface area contributed by atoms with Crippen LogP contribution >= 0.6 is 22.9 Å². The number of thiophene rings is 1. The molecule has 0 amide bonds. The first-order valence-corrected chi connectivity index (χ1v) is 9.20. The minimum Gasteiger partial charge on any atom is -0.472 e. The van der Waals surface area contributed by atoms with Gasteiger partial charge in [-0.1, -0.05) is 32.4 Å². The molecule has 0 bridgehead atoms. The Morgan fingerprint density at radius 1 is 1.20 bits per heavy atom. The molecule has 2 heterocycles. The molecule has 0 spiro atoms. The number of hydrogen-bond donors (Lipinski definition) is 1. The van der Waals surface area contributed by atoms with Crippen molar-refractivity contribution in [1.82, 2.24) is 0 Å². The quantitative estimate of drug-likeness (QED) is 0.565. The normalized spacial score (nSPS) is 11.7. The van der Waals surface area contributed by atoms with Crippen molar-refractivity contribution in [2.75, 3.05) is 5.73 Å². The van der Waals surface area contributed by atoms with E-state index < -0.39 is 0 Å². The molecule has 3 rings (SSSR count). The summed E-state index contributed by atoms with van der Waals surface area (Å²) in [5, 5.41) is 1.14. The number of carbonyl (C=O) groups excluding carboxylic acids is 1. The van der Waals surface area contributed by atoms with Crippen molar-refractivity contribution in [3.63, 3.8) is 0 Å². The smallest absolute Gasteiger partial charge is 0.196 e. The maximum Gasteiger partial charge on any atom is 0.196 e. The second kappa shape index (κ2) is 6.70. The Balaban J connectivity index is 2.15. The van der Waals surface area contributed by atoms with Crippen molar-refractivity contribution >= 4 is 33.7 Å². The number of nitrogens with two attached hydrogens (primary N) is 1. The van der Waals surface area contributed by atoms with Crippen LogP contribution in [0.1, 0.15) is 42.3 Å². The minimum absolute atomic E-state index is 0.0149. The number of benzene rings is 1. The molecule has 3 aromatic rings. The highest BCUT2D eigenvalue weighted by molar-refractivity contribution is 7.20. The van der Waals surface area contributed by atoms with E-state index in [0.717, 1.165) is 22.4 Å². The highest BCUT2D eigenvalue weighted by atomic mass is 35.5. The molecule has 0 aliphatic rings. The van der Waals surface area contributed by atoms with Crippen LogP contribution in [-0.4, -0.2) is 5.78 Å². The van der Waals surface area contributed by atoms with E-state index in [2.05, 4.69) is 20.8 Å². The molecule has 0 unspecified atom stereocenters. The molecule has 130 valence electrons. The Hall–Kier alpha value is -2.04. The second-order valence-corrected chi connectivity index (χ2v) is 8.72. The van der Waals surface area contributed by atoms with Gasteiger partial charge in [-0.05, 0) is 47.7 Å². The lowest BCUT2D eigenvalue weighted by Gasteiger charge is -2.19. The molecule has 2 aromatic heterocycles. The monoisotopic (exact) mass is 373 g/mol. The van der Waals surface area contributed by atoms with Gasteiger partial charge in [0.25, 0.3) is 0 Å². The first-order chi connectivity index (χ1) is 11.8. The first-order valence-electron chi connectivity index (χ1n) is 8.00. The first kappa shape index (κ1) is 17.8. The number of halogens is 1. The lowest BCUT2D eigenvalue weighted by molar-refractivity contribution is 0.103. The van der Waals surface area contributed by atoms with E-state index in [9.17, 15) is 4.79 Å². The summed E-state index contributed by atoms with van der Waals surface area (Å²) >= 11 is 7.38. The molecule has 1 aromatic carbocycles. The lowest BCUT2D eigenvalue weighted by atomic mass is 9.84. The molecule has 3 nitrogen and oxygen atoms in total. The maximum atomic E-state index is 13.1. The van der Waals surface area contributed by atoms with Gasteiger partial charge in [-0.15, -0.1) is 11.3 Å². The van der Waals surface area contributed by atoms with Gasteiger partial charge in [-0.25, -0.2) is 0 Å². The largest absolute Gasteiger partial charge is 0.472 e. The SMILES string of the molecule is CC(C)(C)Cc1c(-c2ccoc2)sc(N)c1C(=O)c1ccc(Cl)cc1. The molecule has 0 fully saturated rings. The number of nitrogen functional groups attached to an aromatic ring is 1. The molecule has 0 saturated heterocycles. The molecule has 0 saturated carbocycles. The number of hydrogen-bond acceptors (Lipinski definition) is 4. The molecule has 5 heteroatoms.